The van der Waals surface area contributed by atoms with Gasteiger partial charge in [-0.05, 0) is 6.42 Å². The molecule has 0 radical (unpaired) electrons. The zero-order chi connectivity index (χ0) is 9.68. The van der Waals surface area contributed by atoms with Gasteiger partial charge in [0, 0.05) is 32.6 Å². The van der Waals surface area contributed by atoms with Crippen molar-refractivity contribution in [2.45, 2.75) is 19.8 Å². The Morgan fingerprint density at radius 3 is 2.46 bits per heavy atom. The molecule has 0 spiro atoms. The van der Waals surface area contributed by atoms with E-state index in [4.69, 9.17) is 0 Å². The van der Waals surface area contributed by atoms with Crippen molar-refractivity contribution in [3.8, 4) is 0 Å². The molecule has 0 unspecified atom stereocenters. The second-order valence-corrected chi connectivity index (χ2v) is 3.21. The molecule has 0 bridgehead atoms. The quantitative estimate of drug-likeness (QED) is 0.591. The first-order valence-corrected chi connectivity index (χ1v) is 4.77. The Bertz CT molecular complexity index is 194. The second kappa shape index (κ2) is 4.84. The van der Waals surface area contributed by atoms with Gasteiger partial charge in [-0.1, -0.05) is 6.92 Å². The van der Waals surface area contributed by atoms with E-state index in [0.29, 0.717) is 13.0 Å². The van der Waals surface area contributed by atoms with Crippen molar-refractivity contribution in [3.05, 3.63) is 0 Å². The highest BCUT2D eigenvalue weighted by Crippen LogP contribution is 2.08. The Morgan fingerprint density at radius 2 is 1.92 bits per heavy atom. The van der Waals surface area contributed by atoms with Crippen molar-refractivity contribution in [1.82, 2.24) is 9.80 Å². The van der Waals surface area contributed by atoms with Crippen LogP contribution >= 0.6 is 0 Å². The van der Waals surface area contributed by atoms with Crippen LogP contribution in [0.4, 0.5) is 4.79 Å². The molecule has 1 aliphatic heterocycles. The number of amides is 2. The predicted molar refractivity (Wildman–Crippen MR) is 49.5 cm³/mol. The van der Waals surface area contributed by atoms with E-state index in [1.165, 1.54) is 0 Å². The molecule has 0 saturated carbocycles. The summed E-state index contributed by atoms with van der Waals surface area (Å²) in [4.78, 5) is 25.2. The SMILES string of the molecule is CCCN1CCN(CCC=O)C1=O. The molecule has 1 heterocycles. The molecule has 1 aliphatic rings. The first-order valence-electron chi connectivity index (χ1n) is 4.77. The van der Waals surface area contributed by atoms with Crippen LogP contribution < -0.4 is 0 Å². The van der Waals surface area contributed by atoms with Crippen LogP contribution in [0.15, 0.2) is 0 Å². The van der Waals surface area contributed by atoms with E-state index in [9.17, 15) is 9.59 Å². The number of urea groups is 1. The Kier molecular flexibility index (Phi) is 3.73. The van der Waals surface area contributed by atoms with E-state index in [2.05, 4.69) is 6.92 Å². The maximum atomic E-state index is 11.5. The lowest BCUT2D eigenvalue weighted by Gasteiger charge is -2.16. The maximum absolute atomic E-state index is 11.5. The Labute approximate surface area is 78.5 Å². The van der Waals surface area contributed by atoms with Gasteiger partial charge in [-0.3, -0.25) is 0 Å². The smallest absolute Gasteiger partial charge is 0.320 e. The van der Waals surface area contributed by atoms with Crippen LogP contribution in [0.1, 0.15) is 19.8 Å². The van der Waals surface area contributed by atoms with E-state index in [1.54, 1.807) is 4.90 Å². The fourth-order valence-electron chi connectivity index (χ4n) is 1.53. The Morgan fingerprint density at radius 1 is 1.31 bits per heavy atom. The van der Waals surface area contributed by atoms with E-state index >= 15 is 0 Å². The third-order valence-electron chi connectivity index (χ3n) is 2.19. The van der Waals surface area contributed by atoms with Gasteiger partial charge < -0.3 is 14.6 Å². The molecule has 4 heteroatoms. The van der Waals surface area contributed by atoms with E-state index in [-0.39, 0.29) is 6.03 Å². The van der Waals surface area contributed by atoms with Gasteiger partial charge in [-0.25, -0.2) is 4.79 Å². The van der Waals surface area contributed by atoms with Crippen molar-refractivity contribution in [1.29, 1.82) is 0 Å². The third-order valence-corrected chi connectivity index (χ3v) is 2.19. The largest absolute Gasteiger partial charge is 0.323 e. The van der Waals surface area contributed by atoms with Gasteiger partial charge in [0.1, 0.15) is 6.29 Å². The summed E-state index contributed by atoms with van der Waals surface area (Å²) in [6.07, 6.45) is 2.30. The van der Waals surface area contributed by atoms with Gasteiger partial charge in [0.25, 0.3) is 0 Å². The number of carbonyl (C=O) groups is 2. The molecule has 74 valence electrons. The van der Waals surface area contributed by atoms with Gasteiger partial charge in [0.2, 0.25) is 0 Å². The number of hydrogen-bond donors (Lipinski definition) is 0. The number of aldehydes is 1. The van der Waals surface area contributed by atoms with E-state index < -0.39 is 0 Å². The normalized spacial score (nSPS) is 16.8. The summed E-state index contributed by atoms with van der Waals surface area (Å²) < 4.78 is 0. The summed E-state index contributed by atoms with van der Waals surface area (Å²) in [5.74, 6) is 0. The summed E-state index contributed by atoms with van der Waals surface area (Å²) in [6, 6.07) is 0.0868. The van der Waals surface area contributed by atoms with Crippen LogP contribution in [0.3, 0.4) is 0 Å². The number of rotatable bonds is 5. The van der Waals surface area contributed by atoms with Crippen LogP contribution in [0, 0.1) is 0 Å². The topological polar surface area (TPSA) is 40.6 Å². The van der Waals surface area contributed by atoms with Gasteiger partial charge in [-0.2, -0.15) is 0 Å². The number of carbonyl (C=O) groups excluding carboxylic acids is 2. The Balaban J connectivity index is 2.35. The van der Waals surface area contributed by atoms with Crippen LogP contribution in [0.25, 0.3) is 0 Å². The molecule has 0 aromatic heterocycles. The lowest BCUT2D eigenvalue weighted by molar-refractivity contribution is -0.108. The predicted octanol–water partition coefficient (Wildman–Crippen LogP) is 0.723. The fraction of sp³-hybridized carbons (Fsp3) is 0.778. The molecule has 0 atom stereocenters. The summed E-state index contributed by atoms with van der Waals surface area (Å²) >= 11 is 0. The molecule has 0 aliphatic carbocycles. The highest BCUT2D eigenvalue weighted by molar-refractivity contribution is 5.76. The minimum atomic E-state index is 0.0868. The van der Waals surface area contributed by atoms with Crippen molar-refractivity contribution in [2.75, 3.05) is 26.2 Å². The summed E-state index contributed by atoms with van der Waals surface area (Å²) in [6.45, 7) is 5.04. The lowest BCUT2D eigenvalue weighted by Crippen LogP contribution is -2.32. The van der Waals surface area contributed by atoms with Gasteiger partial charge in [0.05, 0.1) is 0 Å². The average molecular weight is 184 g/mol. The van der Waals surface area contributed by atoms with Crippen LogP contribution in [-0.2, 0) is 4.79 Å². The van der Waals surface area contributed by atoms with Gasteiger partial charge in [-0.15, -0.1) is 0 Å². The minimum Gasteiger partial charge on any atom is -0.323 e. The molecule has 4 nitrogen and oxygen atoms in total. The van der Waals surface area contributed by atoms with Crippen LogP contribution in [0.2, 0.25) is 0 Å². The summed E-state index contributed by atoms with van der Waals surface area (Å²) in [7, 11) is 0. The molecular formula is C9H16N2O2. The monoisotopic (exact) mass is 184 g/mol. The average Bonchev–Trinajstić information content (AvgIpc) is 2.46. The molecule has 0 aromatic carbocycles. The number of hydrogen-bond acceptors (Lipinski definition) is 2. The number of nitrogens with zero attached hydrogens (tertiary/aromatic N) is 2. The second-order valence-electron chi connectivity index (χ2n) is 3.21. The zero-order valence-corrected chi connectivity index (χ0v) is 8.03. The standard InChI is InChI=1S/C9H16N2O2/c1-2-4-10-6-7-11(9(10)13)5-3-8-12/h8H,2-7H2,1H3. The molecule has 1 saturated heterocycles. The van der Waals surface area contributed by atoms with Gasteiger partial charge in [0.15, 0.2) is 0 Å². The minimum absolute atomic E-state index is 0.0868. The molecule has 2 amide bonds. The maximum Gasteiger partial charge on any atom is 0.320 e. The first-order chi connectivity index (χ1) is 6.29. The first kappa shape index (κ1) is 10.0. The van der Waals surface area contributed by atoms with Gasteiger partial charge >= 0.3 is 6.03 Å². The Hall–Kier alpha value is -1.06. The molecule has 0 aromatic rings. The lowest BCUT2D eigenvalue weighted by atomic mass is 10.4. The van der Waals surface area contributed by atoms with Crippen LogP contribution in [-0.4, -0.2) is 48.3 Å². The van der Waals surface area contributed by atoms with Crippen molar-refractivity contribution in [2.24, 2.45) is 0 Å². The molecule has 0 N–H and O–H groups in total. The molecule has 13 heavy (non-hydrogen) atoms. The van der Waals surface area contributed by atoms with Crippen LogP contribution in [0.5, 0.6) is 0 Å². The van der Waals surface area contributed by atoms with Crippen molar-refractivity contribution >= 4 is 12.3 Å². The molecule has 1 fully saturated rings. The van der Waals surface area contributed by atoms with Crippen molar-refractivity contribution < 1.29 is 9.59 Å². The summed E-state index contributed by atoms with van der Waals surface area (Å²) in [5, 5.41) is 0. The molecule has 1 rings (SSSR count). The highest BCUT2D eigenvalue weighted by Gasteiger charge is 2.26. The van der Waals surface area contributed by atoms with E-state index in [1.807, 2.05) is 4.90 Å². The van der Waals surface area contributed by atoms with E-state index in [0.717, 1.165) is 32.3 Å². The summed E-state index contributed by atoms with van der Waals surface area (Å²) in [5.41, 5.74) is 0. The van der Waals surface area contributed by atoms with Crippen molar-refractivity contribution in [3.63, 3.8) is 0 Å². The highest BCUT2D eigenvalue weighted by atomic mass is 16.2. The zero-order valence-electron chi connectivity index (χ0n) is 8.03. The third kappa shape index (κ3) is 2.44. The molecular weight excluding hydrogens is 168 g/mol. The fourth-order valence-corrected chi connectivity index (χ4v) is 1.53.